The molecule has 6 heteroatoms. The molecule has 3 N–H and O–H groups in total. The fourth-order valence-corrected chi connectivity index (χ4v) is 0.876. The Hall–Kier alpha value is -1.98. The van der Waals surface area contributed by atoms with Crippen LogP contribution in [0.3, 0.4) is 0 Å². The van der Waals surface area contributed by atoms with Gasteiger partial charge in [-0.15, -0.1) is 0 Å². The molecular formula is C9H10FN3O2. The van der Waals surface area contributed by atoms with Crippen molar-refractivity contribution >= 4 is 11.8 Å². The first-order valence-corrected chi connectivity index (χ1v) is 4.23. The van der Waals surface area contributed by atoms with Crippen LogP contribution in [0.25, 0.3) is 0 Å². The summed E-state index contributed by atoms with van der Waals surface area (Å²) in [5, 5.41) is 2.28. The van der Waals surface area contributed by atoms with Crippen LogP contribution in [0.4, 0.5) is 4.39 Å². The molecule has 0 saturated carbocycles. The van der Waals surface area contributed by atoms with Gasteiger partial charge in [-0.2, -0.15) is 4.39 Å². The van der Waals surface area contributed by atoms with Crippen LogP contribution in [-0.2, 0) is 4.79 Å². The van der Waals surface area contributed by atoms with Crippen molar-refractivity contribution in [3.05, 3.63) is 29.8 Å². The number of carbonyl (C=O) groups is 2. The van der Waals surface area contributed by atoms with Gasteiger partial charge in [0.15, 0.2) is 0 Å². The van der Waals surface area contributed by atoms with Crippen molar-refractivity contribution in [2.75, 3.05) is 0 Å². The lowest BCUT2D eigenvalue weighted by Gasteiger charge is -2.09. The van der Waals surface area contributed by atoms with E-state index < -0.39 is 23.8 Å². The van der Waals surface area contributed by atoms with Crippen molar-refractivity contribution < 1.29 is 14.0 Å². The molecule has 0 unspecified atom stereocenters. The number of nitrogens with zero attached hydrogens (tertiary/aromatic N) is 1. The summed E-state index contributed by atoms with van der Waals surface area (Å²) in [5.74, 6) is -2.06. The molecule has 80 valence electrons. The molecule has 5 nitrogen and oxygen atoms in total. The molecule has 0 saturated heterocycles. The van der Waals surface area contributed by atoms with E-state index >= 15 is 0 Å². The molecule has 1 aromatic heterocycles. The smallest absolute Gasteiger partial charge is 0.270 e. The zero-order chi connectivity index (χ0) is 11.4. The highest BCUT2D eigenvalue weighted by atomic mass is 19.1. The van der Waals surface area contributed by atoms with Crippen LogP contribution in [0.1, 0.15) is 17.4 Å². The lowest BCUT2D eigenvalue weighted by molar-refractivity contribution is -0.119. The van der Waals surface area contributed by atoms with Gasteiger partial charge in [0, 0.05) is 0 Å². The van der Waals surface area contributed by atoms with Gasteiger partial charge < -0.3 is 11.1 Å². The summed E-state index contributed by atoms with van der Waals surface area (Å²) in [6.07, 6.45) is 0. The number of pyridine rings is 1. The van der Waals surface area contributed by atoms with Gasteiger partial charge in [0.1, 0.15) is 11.7 Å². The quantitative estimate of drug-likeness (QED) is 0.680. The monoisotopic (exact) mass is 211 g/mol. The molecule has 0 fully saturated rings. The maximum Gasteiger partial charge on any atom is 0.270 e. The van der Waals surface area contributed by atoms with Crippen LogP contribution < -0.4 is 11.1 Å². The number of hydrogen-bond acceptors (Lipinski definition) is 3. The van der Waals surface area contributed by atoms with Gasteiger partial charge in [-0.05, 0) is 19.1 Å². The Morgan fingerprint density at radius 2 is 2.20 bits per heavy atom. The van der Waals surface area contributed by atoms with E-state index in [1.54, 1.807) is 0 Å². The molecule has 15 heavy (non-hydrogen) atoms. The average Bonchev–Trinajstić information content (AvgIpc) is 2.17. The second-order valence-electron chi connectivity index (χ2n) is 2.94. The number of carbonyl (C=O) groups excluding carboxylic acids is 2. The van der Waals surface area contributed by atoms with Crippen LogP contribution in [0.5, 0.6) is 0 Å². The number of hydrogen-bond donors (Lipinski definition) is 2. The third-order valence-electron chi connectivity index (χ3n) is 1.72. The molecular weight excluding hydrogens is 201 g/mol. The number of nitrogens with two attached hydrogens (primary N) is 1. The van der Waals surface area contributed by atoms with Gasteiger partial charge in [0.05, 0.1) is 0 Å². The van der Waals surface area contributed by atoms with Crippen molar-refractivity contribution in [3.8, 4) is 0 Å². The van der Waals surface area contributed by atoms with Crippen molar-refractivity contribution in [2.45, 2.75) is 13.0 Å². The lowest BCUT2D eigenvalue weighted by Crippen LogP contribution is -2.42. The Morgan fingerprint density at radius 1 is 1.53 bits per heavy atom. The van der Waals surface area contributed by atoms with Crippen molar-refractivity contribution in [2.24, 2.45) is 5.73 Å². The predicted molar refractivity (Wildman–Crippen MR) is 50.3 cm³/mol. The Morgan fingerprint density at radius 3 is 2.73 bits per heavy atom. The van der Waals surface area contributed by atoms with Crippen LogP contribution in [0, 0.1) is 5.95 Å². The zero-order valence-corrected chi connectivity index (χ0v) is 8.03. The first-order valence-electron chi connectivity index (χ1n) is 4.23. The highest BCUT2D eigenvalue weighted by Gasteiger charge is 2.14. The van der Waals surface area contributed by atoms with Gasteiger partial charge >= 0.3 is 0 Å². The van der Waals surface area contributed by atoms with E-state index in [4.69, 9.17) is 5.73 Å². The van der Waals surface area contributed by atoms with Crippen LogP contribution in [0.2, 0.25) is 0 Å². The summed E-state index contributed by atoms with van der Waals surface area (Å²) in [5.41, 5.74) is 4.85. The summed E-state index contributed by atoms with van der Waals surface area (Å²) < 4.78 is 12.6. The SMILES string of the molecule is C[C@H](NC(=O)c1cccc(F)n1)C(N)=O. The van der Waals surface area contributed by atoms with Crippen molar-refractivity contribution in [1.29, 1.82) is 0 Å². The van der Waals surface area contributed by atoms with E-state index in [0.29, 0.717) is 0 Å². The van der Waals surface area contributed by atoms with E-state index in [-0.39, 0.29) is 5.69 Å². The molecule has 0 aromatic carbocycles. The molecule has 0 spiro atoms. The van der Waals surface area contributed by atoms with Crippen LogP contribution >= 0.6 is 0 Å². The van der Waals surface area contributed by atoms with Crippen molar-refractivity contribution in [1.82, 2.24) is 10.3 Å². The second-order valence-corrected chi connectivity index (χ2v) is 2.94. The molecule has 2 amide bonds. The fourth-order valence-electron chi connectivity index (χ4n) is 0.876. The van der Waals surface area contributed by atoms with E-state index in [9.17, 15) is 14.0 Å². The standard InChI is InChI=1S/C9H10FN3O2/c1-5(8(11)14)12-9(15)6-3-2-4-7(10)13-6/h2-5H,1H3,(H2,11,14)(H,12,15)/t5-/m0/s1. The summed E-state index contributed by atoms with van der Waals surface area (Å²) in [6, 6.07) is 3.00. The Labute approximate surface area is 85.5 Å². The average molecular weight is 211 g/mol. The summed E-state index contributed by atoms with van der Waals surface area (Å²) in [4.78, 5) is 25.4. The topological polar surface area (TPSA) is 85.1 Å². The molecule has 0 bridgehead atoms. The molecule has 1 heterocycles. The molecule has 1 aromatic rings. The van der Waals surface area contributed by atoms with E-state index in [1.165, 1.54) is 19.1 Å². The third-order valence-corrected chi connectivity index (χ3v) is 1.72. The number of primary amides is 1. The third kappa shape index (κ3) is 3.01. The van der Waals surface area contributed by atoms with Gasteiger partial charge in [0.25, 0.3) is 5.91 Å². The van der Waals surface area contributed by atoms with Gasteiger partial charge in [-0.1, -0.05) is 6.07 Å². The summed E-state index contributed by atoms with van der Waals surface area (Å²) in [6.45, 7) is 1.43. The Balaban J connectivity index is 2.73. The van der Waals surface area contributed by atoms with Gasteiger partial charge in [0.2, 0.25) is 11.9 Å². The fraction of sp³-hybridized carbons (Fsp3) is 0.222. The molecule has 1 rings (SSSR count). The molecule has 0 aliphatic heterocycles. The maximum absolute atomic E-state index is 12.6. The largest absolute Gasteiger partial charge is 0.368 e. The first-order chi connectivity index (χ1) is 7.00. The molecule has 1 atom stereocenters. The molecule has 0 aliphatic carbocycles. The number of amides is 2. The normalized spacial score (nSPS) is 11.9. The maximum atomic E-state index is 12.6. The highest BCUT2D eigenvalue weighted by molar-refractivity contribution is 5.95. The first kappa shape index (κ1) is 11.1. The predicted octanol–water partition coefficient (Wildman–Crippen LogP) is -0.176. The number of rotatable bonds is 3. The van der Waals surface area contributed by atoms with Gasteiger partial charge in [-0.3, -0.25) is 9.59 Å². The highest BCUT2D eigenvalue weighted by Crippen LogP contribution is 1.98. The number of nitrogens with one attached hydrogen (secondary N) is 1. The van der Waals surface area contributed by atoms with Crippen molar-refractivity contribution in [3.63, 3.8) is 0 Å². The number of halogens is 1. The van der Waals surface area contributed by atoms with E-state index in [0.717, 1.165) is 6.07 Å². The molecule has 0 radical (unpaired) electrons. The van der Waals surface area contributed by atoms with Crippen LogP contribution in [-0.4, -0.2) is 22.8 Å². The minimum absolute atomic E-state index is 0.0944. The van der Waals surface area contributed by atoms with Crippen LogP contribution in [0.15, 0.2) is 18.2 Å². The Kier molecular flexibility index (Phi) is 3.33. The zero-order valence-electron chi connectivity index (χ0n) is 8.03. The lowest BCUT2D eigenvalue weighted by atomic mass is 10.3. The van der Waals surface area contributed by atoms with Gasteiger partial charge in [-0.25, -0.2) is 4.98 Å². The Bertz CT molecular complexity index is 395. The number of aromatic nitrogens is 1. The van der Waals surface area contributed by atoms with E-state index in [1.807, 2.05) is 0 Å². The second kappa shape index (κ2) is 4.50. The summed E-state index contributed by atoms with van der Waals surface area (Å²) in [7, 11) is 0. The minimum Gasteiger partial charge on any atom is -0.368 e. The van der Waals surface area contributed by atoms with E-state index in [2.05, 4.69) is 10.3 Å². The molecule has 0 aliphatic rings. The minimum atomic E-state index is -0.817. The summed E-state index contributed by atoms with van der Waals surface area (Å²) >= 11 is 0.